The zero-order valence-corrected chi connectivity index (χ0v) is 13.4. The normalized spacial score (nSPS) is 19.0. The molecule has 1 fully saturated rings. The number of hydrogen-bond donors (Lipinski definition) is 0. The number of methoxy groups -OCH3 is 1. The molecule has 0 bridgehead atoms. The Kier molecular flexibility index (Phi) is 6.42. The molecule has 0 aromatic carbocycles. The molecule has 0 aliphatic heterocycles. The fourth-order valence-corrected chi connectivity index (χ4v) is 4.08. The monoisotopic (exact) mass is 307 g/mol. The summed E-state index contributed by atoms with van der Waals surface area (Å²) >= 11 is 0. The van der Waals surface area contributed by atoms with Gasteiger partial charge in [0.15, 0.2) is 0 Å². The van der Waals surface area contributed by atoms with E-state index < -0.39 is 21.5 Å². The van der Waals surface area contributed by atoms with Crippen LogP contribution in [0.1, 0.15) is 39.0 Å². The highest BCUT2D eigenvalue weighted by molar-refractivity contribution is 7.89. The fraction of sp³-hybridized carbons (Fsp3) is 0.923. The Labute approximate surface area is 121 Å². The van der Waals surface area contributed by atoms with Crippen molar-refractivity contribution in [2.45, 2.75) is 44.6 Å². The Balaban J connectivity index is 2.92. The predicted molar refractivity (Wildman–Crippen MR) is 75.9 cm³/mol. The number of sulfonamides is 1. The van der Waals surface area contributed by atoms with E-state index in [9.17, 15) is 13.2 Å². The number of esters is 1. The van der Waals surface area contributed by atoms with Crippen LogP contribution < -0.4 is 0 Å². The number of rotatable bonds is 7. The molecule has 0 aromatic heterocycles. The van der Waals surface area contributed by atoms with Crippen LogP contribution >= 0.6 is 0 Å². The zero-order valence-electron chi connectivity index (χ0n) is 12.6. The van der Waals surface area contributed by atoms with Gasteiger partial charge in [-0.15, -0.1) is 0 Å². The maximum atomic E-state index is 12.4. The van der Waals surface area contributed by atoms with Gasteiger partial charge in [0.25, 0.3) is 0 Å². The van der Waals surface area contributed by atoms with Gasteiger partial charge in [0.2, 0.25) is 10.0 Å². The molecule has 0 heterocycles. The van der Waals surface area contributed by atoms with E-state index in [0.717, 1.165) is 19.3 Å². The summed E-state index contributed by atoms with van der Waals surface area (Å²) in [5.41, 5.74) is -1.04. The van der Waals surface area contributed by atoms with Crippen molar-refractivity contribution in [2.75, 3.05) is 33.1 Å². The van der Waals surface area contributed by atoms with Crippen molar-refractivity contribution in [3.63, 3.8) is 0 Å². The second-order valence-corrected chi connectivity index (χ2v) is 7.18. The summed E-state index contributed by atoms with van der Waals surface area (Å²) in [4.78, 5) is 12.1. The number of nitrogens with zero attached hydrogens (tertiary/aromatic N) is 1. The maximum absolute atomic E-state index is 12.4. The van der Waals surface area contributed by atoms with Gasteiger partial charge in [0, 0.05) is 13.7 Å². The molecule has 20 heavy (non-hydrogen) atoms. The minimum Gasteiger partial charge on any atom is -0.468 e. The Hall–Kier alpha value is -0.660. The first kappa shape index (κ1) is 17.4. The molecule has 0 N–H and O–H groups in total. The van der Waals surface area contributed by atoms with Gasteiger partial charge < -0.3 is 9.47 Å². The SMILES string of the molecule is CCOCCS(=O)(=O)N(C)C1(C(=O)OC)CCCCC1. The van der Waals surface area contributed by atoms with E-state index >= 15 is 0 Å². The van der Waals surface area contributed by atoms with Gasteiger partial charge in [0.05, 0.1) is 19.5 Å². The topological polar surface area (TPSA) is 72.9 Å². The Morgan fingerprint density at radius 3 is 2.35 bits per heavy atom. The van der Waals surface area contributed by atoms with Crippen LogP contribution in [0.5, 0.6) is 0 Å². The molecular formula is C13H25NO5S. The van der Waals surface area contributed by atoms with Crippen molar-refractivity contribution >= 4 is 16.0 Å². The molecule has 0 spiro atoms. The molecule has 1 rings (SSSR count). The van der Waals surface area contributed by atoms with Crippen molar-refractivity contribution in [1.29, 1.82) is 0 Å². The van der Waals surface area contributed by atoms with Gasteiger partial charge in [-0.05, 0) is 19.8 Å². The predicted octanol–water partition coefficient (Wildman–Crippen LogP) is 1.16. The van der Waals surface area contributed by atoms with E-state index in [-0.39, 0.29) is 12.4 Å². The lowest BCUT2D eigenvalue weighted by atomic mass is 9.82. The van der Waals surface area contributed by atoms with Crippen LogP contribution in [-0.2, 0) is 24.3 Å². The molecule has 1 saturated carbocycles. The summed E-state index contributed by atoms with van der Waals surface area (Å²) in [6.45, 7) is 2.43. The lowest BCUT2D eigenvalue weighted by molar-refractivity contribution is -0.153. The summed E-state index contributed by atoms with van der Waals surface area (Å²) in [5.74, 6) is -0.574. The van der Waals surface area contributed by atoms with Crippen LogP contribution in [0.4, 0.5) is 0 Å². The molecule has 1 aliphatic rings. The molecule has 0 unspecified atom stereocenters. The van der Waals surface area contributed by atoms with E-state index in [1.807, 2.05) is 6.92 Å². The van der Waals surface area contributed by atoms with Crippen molar-refractivity contribution in [3.05, 3.63) is 0 Å². The molecule has 0 atom stereocenters. The molecule has 118 valence electrons. The molecule has 7 heteroatoms. The van der Waals surface area contributed by atoms with Crippen LogP contribution in [0, 0.1) is 0 Å². The highest BCUT2D eigenvalue weighted by Gasteiger charge is 2.48. The summed E-state index contributed by atoms with van der Waals surface area (Å²) in [7, 11) is -0.758. The van der Waals surface area contributed by atoms with Gasteiger partial charge in [-0.1, -0.05) is 19.3 Å². The number of carbonyl (C=O) groups is 1. The Bertz CT molecular complexity index is 414. The third-order valence-electron chi connectivity index (χ3n) is 3.96. The molecule has 0 amide bonds. The van der Waals surface area contributed by atoms with Crippen molar-refractivity contribution < 1.29 is 22.7 Å². The van der Waals surface area contributed by atoms with E-state index in [4.69, 9.17) is 9.47 Å². The van der Waals surface area contributed by atoms with Crippen molar-refractivity contribution in [2.24, 2.45) is 0 Å². The first-order valence-corrected chi connectivity index (χ1v) is 8.64. The average Bonchev–Trinajstić information content (AvgIpc) is 2.46. The summed E-state index contributed by atoms with van der Waals surface area (Å²) in [6.07, 6.45) is 3.72. The second-order valence-electron chi connectivity index (χ2n) is 5.06. The summed E-state index contributed by atoms with van der Waals surface area (Å²) in [6, 6.07) is 0. The number of likely N-dealkylation sites (N-methyl/N-ethyl adjacent to an activating group) is 1. The Morgan fingerprint density at radius 2 is 1.85 bits per heavy atom. The molecule has 0 saturated heterocycles. The molecule has 6 nitrogen and oxygen atoms in total. The van der Waals surface area contributed by atoms with Crippen LogP contribution in [0.2, 0.25) is 0 Å². The Morgan fingerprint density at radius 1 is 1.25 bits per heavy atom. The maximum Gasteiger partial charge on any atom is 0.327 e. The fourth-order valence-electron chi connectivity index (χ4n) is 2.69. The zero-order chi connectivity index (χ0) is 15.2. The quantitative estimate of drug-likeness (QED) is 0.521. The average molecular weight is 307 g/mol. The first-order chi connectivity index (χ1) is 9.40. The number of hydrogen-bond acceptors (Lipinski definition) is 5. The minimum absolute atomic E-state index is 0.115. The van der Waals surface area contributed by atoms with E-state index in [1.54, 1.807) is 0 Å². The van der Waals surface area contributed by atoms with Crippen LogP contribution in [0.25, 0.3) is 0 Å². The van der Waals surface area contributed by atoms with E-state index in [1.165, 1.54) is 18.5 Å². The largest absolute Gasteiger partial charge is 0.468 e. The number of carbonyl (C=O) groups excluding carboxylic acids is 1. The van der Waals surface area contributed by atoms with Gasteiger partial charge in [0.1, 0.15) is 5.54 Å². The summed E-state index contributed by atoms with van der Waals surface area (Å²) in [5, 5.41) is 0. The number of ether oxygens (including phenoxy) is 2. The van der Waals surface area contributed by atoms with Crippen LogP contribution in [0.15, 0.2) is 0 Å². The van der Waals surface area contributed by atoms with Crippen molar-refractivity contribution in [3.8, 4) is 0 Å². The second kappa shape index (κ2) is 7.38. The van der Waals surface area contributed by atoms with Gasteiger partial charge in [-0.25, -0.2) is 8.42 Å². The van der Waals surface area contributed by atoms with Gasteiger partial charge in [-0.2, -0.15) is 4.31 Å². The highest BCUT2D eigenvalue weighted by Crippen LogP contribution is 2.35. The summed E-state index contributed by atoms with van der Waals surface area (Å²) < 4.78 is 35.9. The molecular weight excluding hydrogens is 282 g/mol. The molecule has 1 aliphatic carbocycles. The third kappa shape index (κ3) is 3.71. The molecule has 0 radical (unpaired) electrons. The highest BCUT2D eigenvalue weighted by atomic mass is 32.2. The third-order valence-corrected chi connectivity index (χ3v) is 5.82. The van der Waals surface area contributed by atoms with E-state index in [0.29, 0.717) is 19.4 Å². The van der Waals surface area contributed by atoms with Crippen molar-refractivity contribution in [1.82, 2.24) is 4.31 Å². The van der Waals surface area contributed by atoms with Crippen LogP contribution in [-0.4, -0.2) is 57.4 Å². The minimum atomic E-state index is -3.54. The lowest BCUT2D eigenvalue weighted by Crippen LogP contribution is -2.57. The first-order valence-electron chi connectivity index (χ1n) is 7.03. The lowest BCUT2D eigenvalue weighted by Gasteiger charge is -2.40. The van der Waals surface area contributed by atoms with E-state index in [2.05, 4.69) is 0 Å². The standard InChI is InChI=1S/C13H25NO5S/c1-4-19-10-11-20(16,17)14(2)13(12(15)18-3)8-6-5-7-9-13/h4-11H2,1-3H3. The van der Waals surface area contributed by atoms with Gasteiger partial charge in [-0.3, -0.25) is 4.79 Å². The molecule has 0 aromatic rings. The van der Waals surface area contributed by atoms with Crippen LogP contribution in [0.3, 0.4) is 0 Å². The van der Waals surface area contributed by atoms with Gasteiger partial charge >= 0.3 is 5.97 Å². The smallest absolute Gasteiger partial charge is 0.327 e.